The van der Waals surface area contributed by atoms with Gasteiger partial charge in [-0.3, -0.25) is 19.8 Å². The van der Waals surface area contributed by atoms with Crippen LogP contribution in [0.5, 0.6) is 0 Å². The summed E-state index contributed by atoms with van der Waals surface area (Å²) in [6.45, 7) is 4.14. The van der Waals surface area contributed by atoms with Crippen LogP contribution in [0.4, 0.5) is 15.9 Å². The highest BCUT2D eigenvalue weighted by atomic mass is 32.2. The highest BCUT2D eigenvalue weighted by Gasteiger charge is 2.32. The maximum atomic E-state index is 13.6. The smallest absolute Gasteiger partial charge is 0.255 e. The number of pyridine rings is 1. The molecular formula is C27H26FN5O6S2. The summed E-state index contributed by atoms with van der Waals surface area (Å²) in [5.74, 6) is -0.767. The third kappa shape index (κ3) is 5.34. The number of amides is 1. The van der Waals surface area contributed by atoms with Crippen molar-refractivity contribution in [2.24, 2.45) is 0 Å². The second-order valence-corrected chi connectivity index (χ2v) is 12.6. The summed E-state index contributed by atoms with van der Waals surface area (Å²) in [5.41, 5.74) is 3.54. The van der Waals surface area contributed by atoms with Gasteiger partial charge in [0.1, 0.15) is 22.6 Å². The zero-order valence-corrected chi connectivity index (χ0v) is 23.7. The second-order valence-electron chi connectivity index (χ2n) is 9.26. The summed E-state index contributed by atoms with van der Waals surface area (Å²) in [4.78, 5) is 17.9. The van der Waals surface area contributed by atoms with Crippen LogP contribution >= 0.6 is 0 Å². The molecule has 1 unspecified atom stereocenters. The standard InChI is InChI=1S/C27H26FN5O6S2/c1-16-15-32(40(36)22-7-5-4-6-21(22)31-35)12-13-33(41(3,37)38)25-19(16)14-20-23(26(34)29-2)24(39-27(20)30-25)17-8-10-18(28)11-9-17/h4-11,14,31,35H,1,12-13,15H2,2-3H3,(H,29,34). The molecule has 11 nitrogen and oxygen atoms in total. The third-order valence-electron chi connectivity index (χ3n) is 6.59. The van der Waals surface area contributed by atoms with Crippen molar-refractivity contribution in [3.8, 4) is 11.3 Å². The Bertz CT molecular complexity index is 1810. The number of fused-ring (bicyclic) bond motifs is 2. The second kappa shape index (κ2) is 11.0. The molecule has 5 rings (SSSR count). The molecule has 0 radical (unpaired) electrons. The van der Waals surface area contributed by atoms with Gasteiger partial charge in [-0.25, -0.2) is 21.3 Å². The zero-order chi connectivity index (χ0) is 29.5. The Morgan fingerprint density at radius 3 is 2.54 bits per heavy atom. The summed E-state index contributed by atoms with van der Waals surface area (Å²) in [6.07, 6.45) is 1.03. The Morgan fingerprint density at radius 1 is 1.17 bits per heavy atom. The fourth-order valence-electron chi connectivity index (χ4n) is 4.62. The number of nitrogens with one attached hydrogen (secondary N) is 2. The molecule has 0 saturated heterocycles. The first-order valence-electron chi connectivity index (χ1n) is 12.3. The number of sulfonamides is 1. The zero-order valence-electron chi connectivity index (χ0n) is 22.0. The minimum absolute atomic E-state index is 0.00655. The van der Waals surface area contributed by atoms with Crippen molar-refractivity contribution in [3.05, 3.63) is 78.1 Å². The molecule has 41 heavy (non-hydrogen) atoms. The normalized spacial score (nSPS) is 15.2. The van der Waals surface area contributed by atoms with Crippen molar-refractivity contribution in [1.82, 2.24) is 14.6 Å². The van der Waals surface area contributed by atoms with Gasteiger partial charge in [-0.15, -0.1) is 0 Å². The topological polar surface area (TPSA) is 145 Å². The number of hydrogen-bond donors (Lipinski definition) is 3. The summed E-state index contributed by atoms with van der Waals surface area (Å²) in [6, 6.07) is 13.4. The van der Waals surface area contributed by atoms with Crippen molar-refractivity contribution < 1.29 is 31.4 Å². The summed E-state index contributed by atoms with van der Waals surface area (Å²) >= 11 is 0. The van der Waals surface area contributed by atoms with Gasteiger partial charge in [0.25, 0.3) is 5.91 Å². The van der Waals surface area contributed by atoms with Crippen molar-refractivity contribution in [3.63, 3.8) is 0 Å². The number of carbonyl (C=O) groups excluding carboxylic acids is 1. The average molecular weight is 600 g/mol. The first-order chi connectivity index (χ1) is 19.5. The van der Waals surface area contributed by atoms with Gasteiger partial charge in [0.05, 0.1) is 27.8 Å². The van der Waals surface area contributed by atoms with Gasteiger partial charge in [-0.1, -0.05) is 18.7 Å². The van der Waals surface area contributed by atoms with Crippen molar-refractivity contribution in [2.75, 3.05) is 42.7 Å². The van der Waals surface area contributed by atoms with Crippen LogP contribution in [0.15, 0.2) is 70.5 Å². The number of aromatic nitrogens is 1. The lowest BCUT2D eigenvalue weighted by Gasteiger charge is -2.31. The Balaban J connectivity index is 1.68. The van der Waals surface area contributed by atoms with Gasteiger partial charge in [-0.05, 0) is 48.0 Å². The fraction of sp³-hybridized carbons (Fsp3) is 0.185. The molecule has 2 aromatic carbocycles. The van der Waals surface area contributed by atoms with E-state index in [2.05, 4.69) is 16.9 Å². The molecule has 0 aliphatic carbocycles. The minimum atomic E-state index is -3.89. The summed E-state index contributed by atoms with van der Waals surface area (Å²) < 4.78 is 61.8. The van der Waals surface area contributed by atoms with E-state index in [9.17, 15) is 27.0 Å². The van der Waals surface area contributed by atoms with Crippen LogP contribution in [-0.2, 0) is 21.0 Å². The molecule has 0 fully saturated rings. The molecule has 3 heterocycles. The SMILES string of the molecule is C=C1CN(S(=O)c2ccccc2NO)CCN(S(C)(=O)=O)c2nc3oc(-c4ccc(F)cc4)c(C(=O)NC)c3cc21. The molecule has 0 spiro atoms. The number of nitrogens with zero attached hydrogens (tertiary/aromatic N) is 3. The summed E-state index contributed by atoms with van der Waals surface area (Å²) in [7, 11) is -4.25. The predicted octanol–water partition coefficient (Wildman–Crippen LogP) is 3.61. The summed E-state index contributed by atoms with van der Waals surface area (Å²) in [5, 5.41) is 12.4. The number of rotatable bonds is 6. The van der Waals surface area contributed by atoms with E-state index in [1.807, 2.05) is 5.48 Å². The van der Waals surface area contributed by atoms with Crippen LogP contribution in [0, 0.1) is 5.82 Å². The van der Waals surface area contributed by atoms with Crippen LogP contribution in [0.3, 0.4) is 0 Å². The quantitative estimate of drug-likeness (QED) is 0.285. The molecule has 2 aromatic heterocycles. The van der Waals surface area contributed by atoms with Crippen molar-refractivity contribution >= 4 is 55.1 Å². The molecule has 14 heteroatoms. The number of halogens is 1. The maximum Gasteiger partial charge on any atom is 0.255 e. The van der Waals surface area contributed by atoms with Gasteiger partial charge in [0.15, 0.2) is 5.82 Å². The number of furan rings is 1. The molecule has 4 aromatic rings. The lowest BCUT2D eigenvalue weighted by Crippen LogP contribution is -2.42. The largest absolute Gasteiger partial charge is 0.437 e. The van der Waals surface area contributed by atoms with Gasteiger partial charge < -0.3 is 9.73 Å². The molecule has 1 aliphatic heterocycles. The van der Waals surface area contributed by atoms with Crippen LogP contribution in [0.2, 0.25) is 0 Å². The molecule has 214 valence electrons. The van der Waals surface area contributed by atoms with E-state index < -0.39 is 32.7 Å². The van der Waals surface area contributed by atoms with Gasteiger partial charge in [0, 0.05) is 37.8 Å². The molecule has 1 atom stereocenters. The Kier molecular flexibility index (Phi) is 7.66. The highest BCUT2D eigenvalue weighted by molar-refractivity contribution is 7.92. The van der Waals surface area contributed by atoms with E-state index >= 15 is 0 Å². The first kappa shape index (κ1) is 28.4. The fourth-order valence-corrected chi connectivity index (χ4v) is 6.78. The third-order valence-corrected chi connectivity index (χ3v) is 9.26. The van der Waals surface area contributed by atoms with Gasteiger partial charge >= 0.3 is 0 Å². The molecule has 0 bridgehead atoms. The maximum absolute atomic E-state index is 13.6. The molecule has 1 aliphatic rings. The Labute approximate surface area is 237 Å². The number of anilines is 2. The molecule has 3 N–H and O–H groups in total. The lowest BCUT2D eigenvalue weighted by atomic mass is 10.0. The van der Waals surface area contributed by atoms with Crippen LogP contribution in [0.25, 0.3) is 28.0 Å². The van der Waals surface area contributed by atoms with E-state index in [-0.39, 0.29) is 48.2 Å². The van der Waals surface area contributed by atoms with Crippen molar-refractivity contribution in [1.29, 1.82) is 0 Å². The molecule has 0 saturated carbocycles. The van der Waals surface area contributed by atoms with Gasteiger partial charge in [0.2, 0.25) is 15.7 Å². The Hall–Kier alpha value is -4.11. The Morgan fingerprint density at radius 2 is 1.88 bits per heavy atom. The first-order valence-corrected chi connectivity index (χ1v) is 15.3. The number of para-hydroxylation sites is 1. The molecular weight excluding hydrogens is 573 g/mol. The van der Waals surface area contributed by atoms with Crippen LogP contribution in [0.1, 0.15) is 15.9 Å². The van der Waals surface area contributed by atoms with E-state index in [0.717, 1.165) is 10.6 Å². The van der Waals surface area contributed by atoms with E-state index in [1.165, 1.54) is 35.6 Å². The number of benzene rings is 2. The van der Waals surface area contributed by atoms with E-state index in [1.54, 1.807) is 30.3 Å². The van der Waals surface area contributed by atoms with Gasteiger partial charge in [-0.2, -0.15) is 4.98 Å². The predicted molar refractivity (Wildman–Crippen MR) is 154 cm³/mol. The monoisotopic (exact) mass is 599 g/mol. The van der Waals surface area contributed by atoms with Crippen LogP contribution in [-0.4, -0.2) is 66.0 Å². The van der Waals surface area contributed by atoms with E-state index in [4.69, 9.17) is 4.42 Å². The molecule has 1 amide bonds. The minimum Gasteiger partial charge on any atom is -0.437 e. The number of hydrogen-bond acceptors (Lipinski definition) is 8. The van der Waals surface area contributed by atoms with Crippen molar-refractivity contribution in [2.45, 2.75) is 4.90 Å². The average Bonchev–Trinajstić information content (AvgIpc) is 3.32. The van der Waals surface area contributed by atoms with Crippen LogP contribution < -0.4 is 15.1 Å². The number of carbonyl (C=O) groups is 1. The lowest BCUT2D eigenvalue weighted by molar-refractivity contribution is 0.0964. The van der Waals surface area contributed by atoms with E-state index in [0.29, 0.717) is 27.0 Å². The highest BCUT2D eigenvalue weighted by Crippen LogP contribution is 2.39.